The molecular weight excluding hydrogens is 518 g/mol. The average molecular weight is 547 g/mol. The lowest BCUT2D eigenvalue weighted by Gasteiger charge is -2.39. The van der Waals surface area contributed by atoms with Gasteiger partial charge in [0.1, 0.15) is 0 Å². The van der Waals surface area contributed by atoms with Gasteiger partial charge in [-0.25, -0.2) is 0 Å². The maximum Gasteiger partial charge on any atom is 0.416 e. The molecule has 3 aromatic carbocycles. The van der Waals surface area contributed by atoms with E-state index in [2.05, 4.69) is 11.0 Å². The SMILES string of the molecule is O=C(c1cc(C(F)(F)F)cc(C(F)(F)F)c1)N1CC[C@@H](c2ccccc2)[C@@H](c2cccc(N3CCCC3)c2)C1. The summed E-state index contributed by atoms with van der Waals surface area (Å²) in [6.07, 6.45) is -7.29. The molecule has 1 amide bonds. The van der Waals surface area contributed by atoms with Crippen LogP contribution in [0.25, 0.3) is 0 Å². The van der Waals surface area contributed by atoms with Crippen molar-refractivity contribution in [2.75, 3.05) is 31.1 Å². The Kier molecular flexibility index (Phi) is 7.35. The first-order chi connectivity index (χ1) is 18.5. The number of halogens is 6. The maximum absolute atomic E-state index is 13.4. The third-order valence-corrected chi connectivity index (χ3v) is 7.73. The van der Waals surface area contributed by atoms with Gasteiger partial charge in [0.25, 0.3) is 5.91 Å². The Bertz CT molecular complexity index is 1280. The summed E-state index contributed by atoms with van der Waals surface area (Å²) in [6, 6.07) is 19.0. The van der Waals surface area contributed by atoms with Crippen molar-refractivity contribution in [3.63, 3.8) is 0 Å². The molecule has 206 valence electrons. The third kappa shape index (κ3) is 5.92. The lowest BCUT2D eigenvalue weighted by atomic mass is 9.76. The fourth-order valence-electron chi connectivity index (χ4n) is 5.76. The van der Waals surface area contributed by atoms with Crippen LogP contribution in [0.5, 0.6) is 0 Å². The second-order valence-corrected chi connectivity index (χ2v) is 10.2. The van der Waals surface area contributed by atoms with Crippen LogP contribution in [0.15, 0.2) is 72.8 Å². The molecule has 39 heavy (non-hydrogen) atoms. The Labute approximate surface area is 223 Å². The minimum atomic E-state index is -5.02. The highest BCUT2D eigenvalue weighted by atomic mass is 19.4. The number of hydrogen-bond acceptors (Lipinski definition) is 2. The van der Waals surface area contributed by atoms with Crippen molar-refractivity contribution in [2.24, 2.45) is 0 Å². The van der Waals surface area contributed by atoms with Gasteiger partial charge in [0, 0.05) is 43.3 Å². The summed E-state index contributed by atoms with van der Waals surface area (Å²) < 4.78 is 80.6. The van der Waals surface area contributed by atoms with Gasteiger partial charge in [-0.1, -0.05) is 42.5 Å². The molecule has 9 heteroatoms. The lowest BCUT2D eigenvalue weighted by molar-refractivity contribution is -0.143. The molecule has 0 aromatic heterocycles. The molecule has 0 saturated carbocycles. The van der Waals surface area contributed by atoms with Gasteiger partial charge in [-0.15, -0.1) is 0 Å². The van der Waals surface area contributed by atoms with Crippen LogP contribution in [0.2, 0.25) is 0 Å². The quantitative estimate of drug-likeness (QED) is 0.313. The monoisotopic (exact) mass is 546 g/mol. The van der Waals surface area contributed by atoms with Crippen LogP contribution in [-0.2, 0) is 12.4 Å². The van der Waals surface area contributed by atoms with Crippen molar-refractivity contribution in [2.45, 2.75) is 43.5 Å². The molecular formula is C30H28F6N2O. The molecule has 3 nitrogen and oxygen atoms in total. The van der Waals surface area contributed by atoms with E-state index in [4.69, 9.17) is 0 Å². The Morgan fingerprint density at radius 1 is 0.692 bits per heavy atom. The number of rotatable bonds is 4. The number of piperidine rings is 1. The van der Waals surface area contributed by atoms with Gasteiger partial charge in [0.2, 0.25) is 0 Å². The van der Waals surface area contributed by atoms with E-state index in [-0.39, 0.29) is 31.0 Å². The maximum atomic E-state index is 13.4. The third-order valence-electron chi connectivity index (χ3n) is 7.73. The van der Waals surface area contributed by atoms with Crippen LogP contribution in [0, 0.1) is 0 Å². The number of anilines is 1. The Morgan fingerprint density at radius 2 is 1.31 bits per heavy atom. The summed E-state index contributed by atoms with van der Waals surface area (Å²) in [7, 11) is 0. The van der Waals surface area contributed by atoms with E-state index in [1.54, 1.807) is 0 Å². The van der Waals surface area contributed by atoms with E-state index < -0.39 is 35.0 Å². The zero-order valence-corrected chi connectivity index (χ0v) is 21.1. The highest BCUT2D eigenvalue weighted by Crippen LogP contribution is 2.42. The molecule has 2 saturated heterocycles. The van der Waals surface area contributed by atoms with E-state index >= 15 is 0 Å². The summed E-state index contributed by atoms with van der Waals surface area (Å²) in [6.45, 7) is 2.31. The Balaban J connectivity index is 1.49. The number of carbonyl (C=O) groups excluding carboxylic acids is 1. The molecule has 0 bridgehead atoms. The van der Waals surface area contributed by atoms with Gasteiger partial charge < -0.3 is 9.80 Å². The highest BCUT2D eigenvalue weighted by Gasteiger charge is 2.39. The van der Waals surface area contributed by atoms with Crippen molar-refractivity contribution in [3.05, 3.63) is 101 Å². The first-order valence-electron chi connectivity index (χ1n) is 13.0. The molecule has 0 spiro atoms. The molecule has 3 aromatic rings. The Morgan fingerprint density at radius 3 is 1.92 bits per heavy atom. The summed E-state index contributed by atoms with van der Waals surface area (Å²) >= 11 is 0. The van der Waals surface area contributed by atoms with Crippen LogP contribution in [0.4, 0.5) is 32.0 Å². The molecule has 0 aliphatic carbocycles. The van der Waals surface area contributed by atoms with Gasteiger partial charge in [-0.05, 0) is 66.6 Å². The number of nitrogens with zero attached hydrogens (tertiary/aromatic N) is 2. The largest absolute Gasteiger partial charge is 0.416 e. The van der Waals surface area contributed by atoms with Crippen LogP contribution in [0.1, 0.15) is 63.7 Å². The molecule has 2 aliphatic heterocycles. The summed E-state index contributed by atoms with van der Waals surface area (Å²) in [5.41, 5.74) is -0.442. The molecule has 0 unspecified atom stereocenters. The predicted molar refractivity (Wildman–Crippen MR) is 137 cm³/mol. The number of hydrogen-bond donors (Lipinski definition) is 0. The second kappa shape index (κ2) is 10.6. The first kappa shape index (κ1) is 27.1. The van der Waals surface area contributed by atoms with Crippen molar-refractivity contribution in [3.8, 4) is 0 Å². The van der Waals surface area contributed by atoms with E-state index in [9.17, 15) is 31.1 Å². The van der Waals surface area contributed by atoms with E-state index in [0.717, 1.165) is 42.7 Å². The average Bonchev–Trinajstić information content (AvgIpc) is 3.47. The van der Waals surface area contributed by atoms with Crippen LogP contribution in [0.3, 0.4) is 0 Å². The molecule has 0 radical (unpaired) electrons. The fourth-order valence-corrected chi connectivity index (χ4v) is 5.76. The van der Waals surface area contributed by atoms with Crippen molar-refractivity contribution in [1.82, 2.24) is 4.90 Å². The minimum Gasteiger partial charge on any atom is -0.372 e. The van der Waals surface area contributed by atoms with Gasteiger partial charge >= 0.3 is 12.4 Å². The molecule has 2 heterocycles. The van der Waals surface area contributed by atoms with Crippen molar-refractivity contribution in [1.29, 1.82) is 0 Å². The minimum absolute atomic E-state index is 0.0383. The van der Waals surface area contributed by atoms with Crippen LogP contribution in [-0.4, -0.2) is 37.0 Å². The van der Waals surface area contributed by atoms with Gasteiger partial charge in [0.05, 0.1) is 11.1 Å². The number of alkyl halides is 6. The number of benzene rings is 3. The summed E-state index contributed by atoms with van der Waals surface area (Å²) in [5.74, 6) is -0.976. The zero-order chi connectivity index (χ0) is 27.8. The smallest absolute Gasteiger partial charge is 0.372 e. The van der Waals surface area contributed by atoms with Gasteiger partial charge in [-0.2, -0.15) is 26.3 Å². The molecule has 5 rings (SSSR count). The lowest BCUT2D eigenvalue weighted by Crippen LogP contribution is -2.42. The Hall–Kier alpha value is -3.49. The van der Waals surface area contributed by atoms with Crippen LogP contribution < -0.4 is 4.90 Å². The normalized spacial score (nSPS) is 20.4. The van der Waals surface area contributed by atoms with Gasteiger partial charge in [0.15, 0.2) is 0 Å². The second-order valence-electron chi connectivity index (χ2n) is 10.2. The topological polar surface area (TPSA) is 23.6 Å². The summed E-state index contributed by atoms with van der Waals surface area (Å²) in [5, 5.41) is 0. The van der Waals surface area contributed by atoms with E-state index in [1.165, 1.54) is 4.90 Å². The fraction of sp³-hybridized carbons (Fsp3) is 0.367. The standard InChI is InChI=1S/C30H28F6N2O/c31-29(32,33)23-15-22(16-24(18-23)30(34,35)36)28(39)38-14-11-26(20-7-2-1-3-8-20)27(19-38)21-9-6-10-25(17-21)37-12-4-5-13-37/h1-3,6-10,15-18,26-27H,4-5,11-14,19H2/t26-,27+/m0/s1. The molecule has 2 aliphatic rings. The van der Waals surface area contributed by atoms with E-state index in [0.29, 0.717) is 18.6 Å². The predicted octanol–water partition coefficient (Wildman–Crippen LogP) is 7.74. The first-order valence-corrected chi connectivity index (χ1v) is 13.0. The highest BCUT2D eigenvalue weighted by molar-refractivity contribution is 5.95. The van der Waals surface area contributed by atoms with E-state index in [1.807, 2.05) is 48.5 Å². The number of likely N-dealkylation sites (tertiary alicyclic amines) is 1. The van der Waals surface area contributed by atoms with Crippen LogP contribution >= 0.6 is 0 Å². The summed E-state index contributed by atoms with van der Waals surface area (Å²) in [4.78, 5) is 17.1. The van der Waals surface area contributed by atoms with Crippen molar-refractivity contribution >= 4 is 11.6 Å². The van der Waals surface area contributed by atoms with Gasteiger partial charge in [-0.3, -0.25) is 4.79 Å². The zero-order valence-electron chi connectivity index (χ0n) is 21.1. The molecule has 2 fully saturated rings. The number of carbonyl (C=O) groups is 1. The molecule has 0 N–H and O–H groups in total. The molecule has 2 atom stereocenters. The number of amides is 1. The van der Waals surface area contributed by atoms with Crippen molar-refractivity contribution < 1.29 is 31.1 Å².